The van der Waals surface area contributed by atoms with Crippen molar-refractivity contribution in [1.29, 1.82) is 0 Å². The molecule has 18 heavy (non-hydrogen) atoms. The Kier molecular flexibility index (Phi) is 6.26. The standard InChI is InChI=1S/C15H18ClNO/c1-3-15(14(16)9-12(2)10-17)18-11-13-7-5-4-6-8-13/h3-9H,1,10-11,17H2,2H3/b12-9+,15-14-. The van der Waals surface area contributed by atoms with E-state index in [0.29, 0.717) is 23.9 Å². The quantitative estimate of drug-likeness (QED) is 0.627. The molecule has 0 saturated heterocycles. The average molecular weight is 264 g/mol. The van der Waals surface area contributed by atoms with Gasteiger partial charge in [-0.15, -0.1) is 0 Å². The van der Waals surface area contributed by atoms with E-state index in [2.05, 4.69) is 6.58 Å². The van der Waals surface area contributed by atoms with Crippen molar-refractivity contribution in [1.82, 2.24) is 0 Å². The third kappa shape index (κ3) is 4.78. The molecule has 0 aliphatic rings. The fourth-order valence-corrected chi connectivity index (χ4v) is 1.63. The van der Waals surface area contributed by atoms with Gasteiger partial charge in [0, 0.05) is 6.54 Å². The summed E-state index contributed by atoms with van der Waals surface area (Å²) in [5.41, 5.74) is 7.58. The minimum atomic E-state index is 0.466. The van der Waals surface area contributed by atoms with Gasteiger partial charge in [-0.25, -0.2) is 0 Å². The van der Waals surface area contributed by atoms with Crippen LogP contribution in [-0.2, 0) is 11.3 Å². The largest absolute Gasteiger partial charge is 0.487 e. The molecule has 2 N–H and O–H groups in total. The van der Waals surface area contributed by atoms with Gasteiger partial charge in [-0.2, -0.15) is 0 Å². The summed E-state index contributed by atoms with van der Waals surface area (Å²) < 4.78 is 5.63. The molecule has 0 saturated carbocycles. The van der Waals surface area contributed by atoms with E-state index in [1.54, 1.807) is 12.2 Å². The van der Waals surface area contributed by atoms with E-state index in [1.807, 2.05) is 37.3 Å². The molecule has 96 valence electrons. The maximum atomic E-state index is 6.14. The lowest BCUT2D eigenvalue weighted by Gasteiger charge is -2.08. The molecule has 1 rings (SSSR count). The highest BCUT2D eigenvalue weighted by Crippen LogP contribution is 2.17. The van der Waals surface area contributed by atoms with Crippen LogP contribution >= 0.6 is 11.6 Å². The molecule has 3 heteroatoms. The van der Waals surface area contributed by atoms with Crippen LogP contribution < -0.4 is 5.73 Å². The number of halogens is 1. The number of allylic oxidation sites excluding steroid dienone is 3. The molecule has 0 bridgehead atoms. The van der Waals surface area contributed by atoms with Crippen molar-refractivity contribution in [2.75, 3.05) is 6.54 Å². The van der Waals surface area contributed by atoms with Crippen molar-refractivity contribution < 1.29 is 4.74 Å². The summed E-state index contributed by atoms with van der Waals surface area (Å²) in [4.78, 5) is 0. The van der Waals surface area contributed by atoms with Gasteiger partial charge in [0.1, 0.15) is 12.4 Å². The van der Waals surface area contributed by atoms with Gasteiger partial charge >= 0.3 is 0 Å². The van der Waals surface area contributed by atoms with E-state index < -0.39 is 0 Å². The van der Waals surface area contributed by atoms with Crippen molar-refractivity contribution in [2.24, 2.45) is 5.73 Å². The first kappa shape index (κ1) is 14.6. The first-order valence-corrected chi connectivity index (χ1v) is 6.11. The molecule has 0 aliphatic heterocycles. The van der Waals surface area contributed by atoms with Crippen molar-refractivity contribution in [3.8, 4) is 0 Å². The van der Waals surface area contributed by atoms with Gasteiger partial charge in [0.25, 0.3) is 0 Å². The van der Waals surface area contributed by atoms with Crippen LogP contribution in [-0.4, -0.2) is 6.54 Å². The number of benzene rings is 1. The van der Waals surface area contributed by atoms with E-state index in [-0.39, 0.29) is 0 Å². The predicted octanol–water partition coefficient (Wildman–Crippen LogP) is 3.74. The lowest BCUT2D eigenvalue weighted by Crippen LogP contribution is -2.00. The van der Waals surface area contributed by atoms with Gasteiger partial charge in [0.2, 0.25) is 0 Å². The van der Waals surface area contributed by atoms with Gasteiger partial charge in [0.05, 0.1) is 5.03 Å². The highest BCUT2D eigenvalue weighted by atomic mass is 35.5. The second kappa shape index (κ2) is 7.75. The van der Waals surface area contributed by atoms with Crippen LogP contribution in [0, 0.1) is 0 Å². The van der Waals surface area contributed by atoms with E-state index in [0.717, 1.165) is 11.1 Å². The van der Waals surface area contributed by atoms with Gasteiger partial charge in [-0.1, -0.05) is 54.1 Å². The Hall–Kier alpha value is -1.51. The maximum absolute atomic E-state index is 6.14. The molecule has 0 aliphatic carbocycles. The average Bonchev–Trinajstić information content (AvgIpc) is 2.40. The zero-order valence-electron chi connectivity index (χ0n) is 10.5. The fourth-order valence-electron chi connectivity index (χ4n) is 1.31. The van der Waals surface area contributed by atoms with Crippen LogP contribution in [0.2, 0.25) is 0 Å². The zero-order chi connectivity index (χ0) is 13.4. The predicted molar refractivity (Wildman–Crippen MR) is 77.1 cm³/mol. The van der Waals surface area contributed by atoms with Crippen LogP contribution in [0.25, 0.3) is 0 Å². The second-order valence-electron chi connectivity index (χ2n) is 3.89. The van der Waals surface area contributed by atoms with Crippen molar-refractivity contribution in [3.05, 3.63) is 71.0 Å². The summed E-state index contributed by atoms with van der Waals surface area (Å²) >= 11 is 6.14. The first-order chi connectivity index (χ1) is 8.67. The summed E-state index contributed by atoms with van der Waals surface area (Å²) in [6.07, 6.45) is 3.40. The number of hydrogen-bond donors (Lipinski definition) is 1. The third-order valence-electron chi connectivity index (χ3n) is 2.35. The molecular weight excluding hydrogens is 246 g/mol. The molecular formula is C15H18ClNO. The smallest absolute Gasteiger partial charge is 0.137 e. The van der Waals surface area contributed by atoms with Crippen LogP contribution in [0.4, 0.5) is 0 Å². The molecule has 1 aromatic rings. The molecule has 0 atom stereocenters. The lowest BCUT2D eigenvalue weighted by atomic mass is 10.2. The number of rotatable bonds is 6. The van der Waals surface area contributed by atoms with Gasteiger partial charge in [-0.3, -0.25) is 0 Å². The van der Waals surface area contributed by atoms with Crippen LogP contribution in [0.5, 0.6) is 0 Å². The Morgan fingerprint density at radius 1 is 1.39 bits per heavy atom. The summed E-state index contributed by atoms with van der Waals surface area (Å²) in [7, 11) is 0. The molecule has 0 heterocycles. The maximum Gasteiger partial charge on any atom is 0.137 e. The highest BCUT2D eigenvalue weighted by molar-refractivity contribution is 6.31. The highest BCUT2D eigenvalue weighted by Gasteiger charge is 2.01. The van der Waals surface area contributed by atoms with Crippen molar-refractivity contribution >= 4 is 11.6 Å². The second-order valence-corrected chi connectivity index (χ2v) is 4.29. The minimum absolute atomic E-state index is 0.466. The fraction of sp³-hybridized carbons (Fsp3) is 0.200. The van der Waals surface area contributed by atoms with Gasteiger partial charge < -0.3 is 10.5 Å². The van der Waals surface area contributed by atoms with Crippen molar-refractivity contribution in [2.45, 2.75) is 13.5 Å². The summed E-state index contributed by atoms with van der Waals surface area (Å²) in [6.45, 7) is 6.55. The monoisotopic (exact) mass is 263 g/mol. The van der Waals surface area contributed by atoms with Crippen LogP contribution in [0.15, 0.2) is 65.4 Å². The molecule has 0 fully saturated rings. The van der Waals surface area contributed by atoms with E-state index in [9.17, 15) is 0 Å². The Morgan fingerprint density at radius 3 is 2.61 bits per heavy atom. The van der Waals surface area contributed by atoms with Crippen molar-refractivity contribution in [3.63, 3.8) is 0 Å². The minimum Gasteiger partial charge on any atom is -0.487 e. The topological polar surface area (TPSA) is 35.2 Å². The van der Waals surface area contributed by atoms with E-state index >= 15 is 0 Å². The van der Waals surface area contributed by atoms with Gasteiger partial charge in [0.15, 0.2) is 0 Å². The molecule has 0 aromatic heterocycles. The number of nitrogens with two attached hydrogens (primary N) is 1. The van der Waals surface area contributed by atoms with Crippen LogP contribution in [0.1, 0.15) is 12.5 Å². The molecule has 0 amide bonds. The van der Waals surface area contributed by atoms with E-state index in [1.165, 1.54) is 0 Å². The van der Waals surface area contributed by atoms with Gasteiger partial charge in [-0.05, 0) is 24.6 Å². The molecule has 0 radical (unpaired) electrons. The Bertz CT molecular complexity index is 449. The Morgan fingerprint density at radius 2 is 2.06 bits per heavy atom. The lowest BCUT2D eigenvalue weighted by molar-refractivity contribution is 0.210. The number of hydrogen-bond acceptors (Lipinski definition) is 2. The first-order valence-electron chi connectivity index (χ1n) is 5.73. The molecule has 2 nitrogen and oxygen atoms in total. The normalized spacial score (nSPS) is 12.9. The third-order valence-corrected chi connectivity index (χ3v) is 2.65. The summed E-state index contributed by atoms with van der Waals surface area (Å²) in [5, 5.41) is 0.517. The summed E-state index contributed by atoms with van der Waals surface area (Å²) in [5.74, 6) is 0.563. The zero-order valence-corrected chi connectivity index (χ0v) is 11.3. The Labute approximate surface area is 113 Å². The van der Waals surface area contributed by atoms with E-state index in [4.69, 9.17) is 22.1 Å². The SMILES string of the molecule is C=C/C(OCc1ccccc1)=C(Cl)\C=C(/C)CN. The molecule has 0 unspecified atom stereocenters. The summed E-state index contributed by atoms with van der Waals surface area (Å²) in [6, 6.07) is 9.89. The Balaban J connectivity index is 2.73. The molecule has 1 aromatic carbocycles. The molecule has 0 spiro atoms. The number of ether oxygens (including phenoxy) is 1. The van der Waals surface area contributed by atoms with Crippen LogP contribution in [0.3, 0.4) is 0 Å².